The second-order valence-electron chi connectivity index (χ2n) is 10.5. The summed E-state index contributed by atoms with van der Waals surface area (Å²) < 4.78 is 12.8. The third-order valence-electron chi connectivity index (χ3n) is 7.34. The minimum atomic E-state index is -0.796. The van der Waals surface area contributed by atoms with E-state index in [1.54, 1.807) is 11.7 Å². The first-order valence-electron chi connectivity index (χ1n) is 14.4. The lowest BCUT2D eigenvalue weighted by Gasteiger charge is -2.23. The Balaban J connectivity index is 1.34. The lowest BCUT2D eigenvalue weighted by Crippen LogP contribution is -2.43. The van der Waals surface area contributed by atoms with Gasteiger partial charge in [0, 0.05) is 19.5 Å². The first kappa shape index (κ1) is 29.5. The maximum absolute atomic E-state index is 13.8. The number of aromatic nitrogens is 1. The number of amides is 1. The molecule has 6 nitrogen and oxygen atoms in total. The van der Waals surface area contributed by atoms with Gasteiger partial charge in [-0.2, -0.15) is 0 Å². The number of hydrogen-bond donors (Lipinski definition) is 1. The maximum atomic E-state index is 13.8. The summed E-state index contributed by atoms with van der Waals surface area (Å²) in [6.07, 6.45) is 4.26. The summed E-state index contributed by atoms with van der Waals surface area (Å²) in [4.78, 5) is 26.8. The van der Waals surface area contributed by atoms with Crippen LogP contribution in [0.5, 0.6) is 0 Å². The van der Waals surface area contributed by atoms with Crippen LogP contribution in [0, 0.1) is 0 Å². The molecule has 2 atom stereocenters. The fourth-order valence-electron chi connectivity index (χ4n) is 5.10. The molecule has 43 heavy (non-hydrogen) atoms. The number of esters is 1. The first-order valence-corrected chi connectivity index (χ1v) is 14.4. The molecule has 0 spiro atoms. The summed E-state index contributed by atoms with van der Waals surface area (Å²) in [5, 5.41) is 3.13. The molecule has 0 aliphatic heterocycles. The van der Waals surface area contributed by atoms with Crippen LogP contribution in [0.1, 0.15) is 23.6 Å². The Morgan fingerprint density at radius 3 is 1.88 bits per heavy atom. The van der Waals surface area contributed by atoms with Crippen LogP contribution in [0.4, 0.5) is 0 Å². The van der Waals surface area contributed by atoms with E-state index in [0.717, 1.165) is 33.4 Å². The van der Waals surface area contributed by atoms with Crippen molar-refractivity contribution in [2.75, 3.05) is 13.7 Å². The van der Waals surface area contributed by atoms with Gasteiger partial charge in [0.25, 0.3) is 0 Å². The molecule has 6 heteroatoms. The standard InChI is InChI=1S/C37H36N2O4/c1-42-27-34(23-28-11-5-2-6-12-28)38-37(41)35(24-36(40)43-26-29-13-7-3-8-14-29)39-22-21-33(25-39)32-19-17-31(18-20-32)30-15-9-4-10-16-30/h2-22,25,34-35H,23-24,26-27H2,1H3,(H,38,41)/t34-,35+/m0/s1. The quantitative estimate of drug-likeness (QED) is 0.156. The molecule has 0 fully saturated rings. The van der Waals surface area contributed by atoms with E-state index in [9.17, 15) is 9.59 Å². The van der Waals surface area contributed by atoms with Crippen molar-refractivity contribution in [3.63, 3.8) is 0 Å². The minimum absolute atomic E-state index is 0.106. The Labute approximate surface area is 252 Å². The molecule has 0 unspecified atom stereocenters. The average molecular weight is 573 g/mol. The molecule has 0 saturated heterocycles. The van der Waals surface area contributed by atoms with Crippen molar-refractivity contribution in [1.29, 1.82) is 0 Å². The maximum Gasteiger partial charge on any atom is 0.308 e. The number of nitrogens with zero attached hydrogens (tertiary/aromatic N) is 1. The molecule has 0 aliphatic carbocycles. The molecule has 5 aromatic rings. The molecule has 1 N–H and O–H groups in total. The third-order valence-corrected chi connectivity index (χ3v) is 7.34. The van der Waals surface area contributed by atoms with Gasteiger partial charge in [-0.3, -0.25) is 9.59 Å². The summed E-state index contributed by atoms with van der Waals surface area (Å²) in [5.74, 6) is -0.714. The predicted molar refractivity (Wildman–Crippen MR) is 169 cm³/mol. The molecular weight excluding hydrogens is 536 g/mol. The third kappa shape index (κ3) is 8.31. The van der Waals surface area contributed by atoms with Crippen molar-refractivity contribution >= 4 is 11.9 Å². The Hall–Kier alpha value is -4.94. The van der Waals surface area contributed by atoms with Crippen molar-refractivity contribution in [1.82, 2.24) is 9.88 Å². The van der Waals surface area contributed by atoms with Gasteiger partial charge in [0.05, 0.1) is 19.1 Å². The van der Waals surface area contributed by atoms with Gasteiger partial charge in [0.1, 0.15) is 12.6 Å². The van der Waals surface area contributed by atoms with Crippen LogP contribution in [0.25, 0.3) is 22.3 Å². The molecule has 0 aliphatic rings. The Kier molecular flexibility index (Phi) is 10.2. The highest BCUT2D eigenvalue weighted by Gasteiger charge is 2.27. The zero-order valence-electron chi connectivity index (χ0n) is 24.3. The Bertz CT molecular complexity index is 1580. The SMILES string of the molecule is COC[C@H](Cc1ccccc1)NC(=O)[C@@H](CC(=O)OCc1ccccc1)n1ccc(-c2ccc(-c3ccccc3)cc2)c1. The zero-order valence-corrected chi connectivity index (χ0v) is 24.3. The monoisotopic (exact) mass is 572 g/mol. The van der Waals surface area contributed by atoms with Crippen LogP contribution in [0.2, 0.25) is 0 Å². The highest BCUT2D eigenvalue weighted by molar-refractivity contribution is 5.86. The van der Waals surface area contributed by atoms with Crippen LogP contribution in [-0.2, 0) is 32.1 Å². The van der Waals surface area contributed by atoms with Gasteiger partial charge in [-0.15, -0.1) is 0 Å². The lowest BCUT2D eigenvalue weighted by atomic mass is 10.0. The molecule has 1 amide bonds. The number of carbonyl (C=O) groups is 2. The van der Waals surface area contributed by atoms with Crippen LogP contribution < -0.4 is 5.32 Å². The van der Waals surface area contributed by atoms with Crippen LogP contribution in [0.15, 0.2) is 134 Å². The fourth-order valence-corrected chi connectivity index (χ4v) is 5.10. The van der Waals surface area contributed by atoms with Crippen molar-refractivity contribution in [3.05, 3.63) is 145 Å². The Morgan fingerprint density at radius 2 is 1.26 bits per heavy atom. The summed E-state index contributed by atoms with van der Waals surface area (Å²) in [7, 11) is 1.61. The number of hydrogen-bond acceptors (Lipinski definition) is 4. The summed E-state index contributed by atoms with van der Waals surface area (Å²) in [6, 6.07) is 38.9. The normalized spacial score (nSPS) is 12.3. The van der Waals surface area contributed by atoms with Crippen LogP contribution >= 0.6 is 0 Å². The molecule has 1 aromatic heterocycles. The van der Waals surface area contributed by atoms with E-state index >= 15 is 0 Å². The summed E-state index contributed by atoms with van der Waals surface area (Å²) in [5.41, 5.74) is 6.23. The van der Waals surface area contributed by atoms with E-state index in [2.05, 4.69) is 41.7 Å². The largest absolute Gasteiger partial charge is 0.461 e. The molecule has 0 radical (unpaired) electrons. The number of benzene rings is 4. The van der Waals surface area contributed by atoms with Crippen molar-refractivity contribution in [2.24, 2.45) is 0 Å². The number of carbonyl (C=O) groups excluding carboxylic acids is 2. The van der Waals surface area contributed by atoms with E-state index in [1.165, 1.54) is 0 Å². The first-order chi connectivity index (χ1) is 21.1. The molecule has 218 valence electrons. The minimum Gasteiger partial charge on any atom is -0.461 e. The van der Waals surface area contributed by atoms with Gasteiger partial charge < -0.3 is 19.4 Å². The summed E-state index contributed by atoms with van der Waals surface area (Å²) >= 11 is 0. The second-order valence-corrected chi connectivity index (χ2v) is 10.5. The number of ether oxygens (including phenoxy) is 2. The topological polar surface area (TPSA) is 69.6 Å². The predicted octanol–water partition coefficient (Wildman–Crippen LogP) is 6.87. The molecular formula is C37H36N2O4. The fraction of sp³-hybridized carbons (Fsp3) is 0.189. The van der Waals surface area contributed by atoms with E-state index in [4.69, 9.17) is 9.47 Å². The molecule has 1 heterocycles. The van der Waals surface area contributed by atoms with Crippen molar-refractivity contribution in [2.45, 2.75) is 31.5 Å². The van der Waals surface area contributed by atoms with Gasteiger partial charge in [-0.1, -0.05) is 115 Å². The van der Waals surface area contributed by atoms with E-state index in [-0.39, 0.29) is 25.0 Å². The van der Waals surface area contributed by atoms with E-state index in [1.807, 2.05) is 97.3 Å². The van der Waals surface area contributed by atoms with Gasteiger partial charge in [0.2, 0.25) is 5.91 Å². The van der Waals surface area contributed by atoms with Gasteiger partial charge in [-0.05, 0) is 45.9 Å². The van der Waals surface area contributed by atoms with Crippen molar-refractivity contribution in [3.8, 4) is 22.3 Å². The smallest absolute Gasteiger partial charge is 0.308 e. The lowest BCUT2D eigenvalue weighted by molar-refractivity contribution is -0.147. The summed E-state index contributed by atoms with van der Waals surface area (Å²) in [6.45, 7) is 0.496. The van der Waals surface area contributed by atoms with Crippen molar-refractivity contribution < 1.29 is 19.1 Å². The molecule has 4 aromatic carbocycles. The van der Waals surface area contributed by atoms with E-state index in [0.29, 0.717) is 13.0 Å². The van der Waals surface area contributed by atoms with Gasteiger partial charge in [0.15, 0.2) is 0 Å². The second kappa shape index (κ2) is 14.8. The van der Waals surface area contributed by atoms with Gasteiger partial charge in [-0.25, -0.2) is 0 Å². The number of methoxy groups -OCH3 is 1. The van der Waals surface area contributed by atoms with Gasteiger partial charge >= 0.3 is 5.97 Å². The number of rotatable bonds is 13. The molecule has 0 bridgehead atoms. The Morgan fingerprint density at radius 1 is 0.698 bits per heavy atom. The zero-order chi connectivity index (χ0) is 29.9. The highest BCUT2D eigenvalue weighted by atomic mass is 16.5. The van der Waals surface area contributed by atoms with Crippen LogP contribution in [-0.4, -0.2) is 36.2 Å². The highest BCUT2D eigenvalue weighted by Crippen LogP contribution is 2.27. The molecule has 5 rings (SSSR count). The van der Waals surface area contributed by atoms with E-state index < -0.39 is 12.0 Å². The molecule has 0 saturated carbocycles. The van der Waals surface area contributed by atoms with Crippen LogP contribution in [0.3, 0.4) is 0 Å². The average Bonchev–Trinajstić information content (AvgIpc) is 3.54. The number of nitrogens with one attached hydrogen (secondary N) is 1.